The maximum absolute atomic E-state index is 13.5. The standard InChI is InChI=1S/C23H17FN2O3/c24-18-10-8-16(9-11-18)20-19(21(27)17-6-2-1-3-7-17)22(28)23(29)26(20)14-15-5-4-12-25-13-15/h1-13,20,27H,14H2/b21-19+. The van der Waals surface area contributed by atoms with Gasteiger partial charge in [-0.1, -0.05) is 48.5 Å². The Balaban J connectivity index is 1.86. The molecule has 144 valence electrons. The minimum Gasteiger partial charge on any atom is -0.507 e. The number of rotatable bonds is 4. The third kappa shape index (κ3) is 3.52. The molecule has 2 heterocycles. The molecule has 3 aromatic rings. The van der Waals surface area contributed by atoms with E-state index in [2.05, 4.69) is 4.98 Å². The number of aliphatic hydroxyl groups excluding tert-OH is 1. The van der Waals surface area contributed by atoms with Crippen molar-refractivity contribution in [3.63, 3.8) is 0 Å². The minimum atomic E-state index is -0.837. The van der Waals surface area contributed by atoms with Crippen molar-refractivity contribution in [2.24, 2.45) is 0 Å². The molecule has 5 nitrogen and oxygen atoms in total. The topological polar surface area (TPSA) is 70.5 Å². The second kappa shape index (κ2) is 7.67. The summed E-state index contributed by atoms with van der Waals surface area (Å²) >= 11 is 0. The molecule has 1 amide bonds. The molecule has 0 spiro atoms. The fourth-order valence-corrected chi connectivity index (χ4v) is 3.47. The molecule has 4 rings (SSSR count). The SMILES string of the molecule is O=C1C(=O)N(Cc2cccnc2)C(c2ccc(F)cc2)/C1=C(\O)c1ccccc1. The van der Waals surface area contributed by atoms with E-state index in [-0.39, 0.29) is 17.9 Å². The number of hydrogen-bond donors (Lipinski definition) is 1. The quantitative estimate of drug-likeness (QED) is 0.419. The molecule has 0 bridgehead atoms. The van der Waals surface area contributed by atoms with Crippen LogP contribution in [0.5, 0.6) is 0 Å². The van der Waals surface area contributed by atoms with Crippen LogP contribution in [0, 0.1) is 5.82 Å². The summed E-state index contributed by atoms with van der Waals surface area (Å²) in [6, 6.07) is 16.8. The molecular weight excluding hydrogens is 371 g/mol. The first-order valence-corrected chi connectivity index (χ1v) is 9.04. The fourth-order valence-electron chi connectivity index (χ4n) is 3.47. The Morgan fingerprint density at radius 3 is 2.38 bits per heavy atom. The van der Waals surface area contributed by atoms with Gasteiger partial charge in [0.05, 0.1) is 11.6 Å². The van der Waals surface area contributed by atoms with Crippen LogP contribution in [-0.2, 0) is 16.1 Å². The number of pyridine rings is 1. The van der Waals surface area contributed by atoms with E-state index in [1.54, 1.807) is 54.9 Å². The predicted octanol–water partition coefficient (Wildman–Crippen LogP) is 3.84. The number of benzene rings is 2. The monoisotopic (exact) mass is 388 g/mol. The zero-order chi connectivity index (χ0) is 20.4. The van der Waals surface area contributed by atoms with Crippen LogP contribution in [0.3, 0.4) is 0 Å². The first-order chi connectivity index (χ1) is 14.1. The van der Waals surface area contributed by atoms with Gasteiger partial charge in [0.25, 0.3) is 11.7 Å². The molecule has 1 N–H and O–H groups in total. The van der Waals surface area contributed by atoms with E-state index in [1.165, 1.54) is 29.2 Å². The number of aromatic nitrogens is 1. The van der Waals surface area contributed by atoms with E-state index in [1.807, 2.05) is 0 Å². The van der Waals surface area contributed by atoms with Crippen LogP contribution in [-0.4, -0.2) is 26.7 Å². The van der Waals surface area contributed by atoms with Crippen molar-refractivity contribution in [1.29, 1.82) is 0 Å². The summed E-state index contributed by atoms with van der Waals surface area (Å²) in [7, 11) is 0. The van der Waals surface area contributed by atoms with Crippen molar-refractivity contribution in [3.8, 4) is 0 Å². The molecule has 1 aliphatic heterocycles. The highest BCUT2D eigenvalue weighted by Crippen LogP contribution is 2.40. The van der Waals surface area contributed by atoms with E-state index in [0.717, 1.165) is 5.56 Å². The molecule has 1 unspecified atom stereocenters. The molecule has 1 aromatic heterocycles. The van der Waals surface area contributed by atoms with Crippen molar-refractivity contribution in [1.82, 2.24) is 9.88 Å². The first kappa shape index (κ1) is 18.6. The molecule has 0 aliphatic carbocycles. The number of Topliss-reactive ketones (excluding diaryl/α,β-unsaturated/α-hetero) is 1. The summed E-state index contributed by atoms with van der Waals surface area (Å²) in [5.74, 6) is -2.18. The van der Waals surface area contributed by atoms with Crippen LogP contribution < -0.4 is 0 Å². The Hall–Kier alpha value is -3.80. The summed E-state index contributed by atoms with van der Waals surface area (Å²) in [6.45, 7) is 0.131. The number of carbonyl (C=O) groups excluding carboxylic acids is 2. The molecule has 1 fully saturated rings. The number of likely N-dealkylation sites (tertiary alicyclic amines) is 1. The van der Waals surface area contributed by atoms with E-state index >= 15 is 0 Å². The second-order valence-corrected chi connectivity index (χ2v) is 6.71. The molecule has 0 saturated carbocycles. The van der Waals surface area contributed by atoms with Gasteiger partial charge >= 0.3 is 0 Å². The number of halogens is 1. The smallest absolute Gasteiger partial charge is 0.295 e. The van der Waals surface area contributed by atoms with Crippen LogP contribution in [0.15, 0.2) is 84.7 Å². The van der Waals surface area contributed by atoms with Crippen LogP contribution in [0.25, 0.3) is 5.76 Å². The maximum atomic E-state index is 13.5. The summed E-state index contributed by atoms with van der Waals surface area (Å²) in [4.78, 5) is 31.1. The highest BCUT2D eigenvalue weighted by Gasteiger charge is 2.46. The van der Waals surface area contributed by atoms with E-state index < -0.39 is 23.5 Å². The Morgan fingerprint density at radius 2 is 1.72 bits per heavy atom. The Bertz CT molecular complexity index is 1080. The van der Waals surface area contributed by atoms with E-state index in [9.17, 15) is 19.1 Å². The van der Waals surface area contributed by atoms with Crippen molar-refractivity contribution >= 4 is 17.4 Å². The molecule has 1 atom stereocenters. The predicted molar refractivity (Wildman–Crippen MR) is 105 cm³/mol. The Kier molecular flexibility index (Phi) is 4.91. The van der Waals surface area contributed by atoms with E-state index in [0.29, 0.717) is 11.1 Å². The second-order valence-electron chi connectivity index (χ2n) is 6.71. The van der Waals surface area contributed by atoms with Gasteiger partial charge in [-0.2, -0.15) is 0 Å². The largest absolute Gasteiger partial charge is 0.507 e. The van der Waals surface area contributed by atoms with Gasteiger partial charge < -0.3 is 10.0 Å². The number of hydrogen-bond acceptors (Lipinski definition) is 4. The zero-order valence-electron chi connectivity index (χ0n) is 15.3. The normalized spacial score (nSPS) is 18.2. The molecule has 2 aromatic carbocycles. The molecule has 1 saturated heterocycles. The van der Waals surface area contributed by atoms with Gasteiger partial charge in [-0.15, -0.1) is 0 Å². The average molecular weight is 388 g/mol. The number of ketones is 1. The van der Waals surface area contributed by atoms with Gasteiger partial charge in [0, 0.05) is 24.5 Å². The molecule has 6 heteroatoms. The van der Waals surface area contributed by atoms with Crippen LogP contribution in [0.4, 0.5) is 4.39 Å². The number of nitrogens with zero attached hydrogens (tertiary/aromatic N) is 2. The summed E-state index contributed by atoms with van der Waals surface area (Å²) < 4.78 is 13.5. The molecule has 29 heavy (non-hydrogen) atoms. The van der Waals surface area contributed by atoms with Gasteiger partial charge in [-0.3, -0.25) is 14.6 Å². The van der Waals surface area contributed by atoms with Crippen molar-refractivity contribution in [3.05, 3.63) is 107 Å². The Morgan fingerprint density at radius 1 is 1.00 bits per heavy atom. The molecule has 1 aliphatic rings. The van der Waals surface area contributed by atoms with Gasteiger partial charge in [0.1, 0.15) is 11.6 Å². The van der Waals surface area contributed by atoms with Crippen molar-refractivity contribution in [2.75, 3.05) is 0 Å². The third-order valence-corrected chi connectivity index (χ3v) is 4.85. The average Bonchev–Trinajstić information content (AvgIpc) is 3.00. The summed E-state index contributed by atoms with van der Waals surface area (Å²) in [5.41, 5.74) is 1.68. The van der Waals surface area contributed by atoms with Crippen LogP contribution >= 0.6 is 0 Å². The highest BCUT2D eigenvalue weighted by atomic mass is 19.1. The van der Waals surface area contributed by atoms with E-state index in [4.69, 9.17) is 0 Å². The van der Waals surface area contributed by atoms with Crippen molar-refractivity contribution in [2.45, 2.75) is 12.6 Å². The van der Waals surface area contributed by atoms with Gasteiger partial charge in [-0.05, 0) is 29.3 Å². The number of aliphatic hydroxyl groups is 1. The molecule has 0 radical (unpaired) electrons. The van der Waals surface area contributed by atoms with Gasteiger partial charge in [-0.25, -0.2) is 4.39 Å². The Labute approximate surface area is 166 Å². The van der Waals surface area contributed by atoms with Crippen molar-refractivity contribution < 1.29 is 19.1 Å². The lowest BCUT2D eigenvalue weighted by atomic mass is 9.95. The lowest BCUT2D eigenvalue weighted by Gasteiger charge is -2.25. The summed E-state index contributed by atoms with van der Waals surface area (Å²) in [5, 5.41) is 10.9. The van der Waals surface area contributed by atoms with Gasteiger partial charge in [0.2, 0.25) is 0 Å². The van der Waals surface area contributed by atoms with Crippen LogP contribution in [0.2, 0.25) is 0 Å². The lowest BCUT2D eigenvalue weighted by Crippen LogP contribution is -2.29. The zero-order valence-corrected chi connectivity index (χ0v) is 15.3. The first-order valence-electron chi connectivity index (χ1n) is 9.04. The number of carbonyl (C=O) groups is 2. The third-order valence-electron chi connectivity index (χ3n) is 4.85. The summed E-state index contributed by atoms with van der Waals surface area (Å²) in [6.07, 6.45) is 3.22. The fraction of sp³-hybridized carbons (Fsp3) is 0.0870. The number of amides is 1. The minimum absolute atomic E-state index is 0.0169. The van der Waals surface area contributed by atoms with Crippen LogP contribution in [0.1, 0.15) is 22.7 Å². The molecular formula is C23H17FN2O3. The van der Waals surface area contributed by atoms with Gasteiger partial charge in [0.15, 0.2) is 0 Å². The highest BCUT2D eigenvalue weighted by molar-refractivity contribution is 6.46. The maximum Gasteiger partial charge on any atom is 0.295 e. The lowest BCUT2D eigenvalue weighted by molar-refractivity contribution is -0.140.